The molecule has 1 aromatic rings. The molecule has 1 fully saturated rings. The first-order valence-corrected chi connectivity index (χ1v) is 7.58. The van der Waals surface area contributed by atoms with Gasteiger partial charge in [0.2, 0.25) is 5.91 Å². The molecule has 0 bridgehead atoms. The fourth-order valence-corrected chi connectivity index (χ4v) is 2.56. The van der Waals surface area contributed by atoms with Crippen molar-refractivity contribution in [3.05, 3.63) is 29.8 Å². The lowest BCUT2D eigenvalue weighted by atomic mass is 10.1. The van der Waals surface area contributed by atoms with Crippen LogP contribution in [0.25, 0.3) is 0 Å². The Bertz CT molecular complexity index is 441. The maximum atomic E-state index is 11.9. The van der Waals surface area contributed by atoms with Gasteiger partial charge >= 0.3 is 0 Å². The molecule has 0 aromatic heterocycles. The van der Waals surface area contributed by atoms with E-state index < -0.39 is 6.04 Å². The van der Waals surface area contributed by atoms with Crippen molar-refractivity contribution in [1.82, 2.24) is 5.32 Å². The minimum absolute atomic E-state index is 0.168. The summed E-state index contributed by atoms with van der Waals surface area (Å²) in [5.74, 6) is 0.0407. The first-order chi connectivity index (χ1) is 10.1. The first kappa shape index (κ1) is 15.8. The van der Waals surface area contributed by atoms with Gasteiger partial charge in [0, 0.05) is 6.54 Å². The highest BCUT2D eigenvalue weighted by Crippen LogP contribution is 2.20. The number of nitrogens with two attached hydrogens (primary N) is 1. The van der Waals surface area contributed by atoms with Crippen molar-refractivity contribution in [3.63, 3.8) is 0 Å². The second-order valence-electron chi connectivity index (χ2n) is 5.55. The van der Waals surface area contributed by atoms with Crippen molar-refractivity contribution in [2.45, 2.75) is 44.2 Å². The summed E-state index contributed by atoms with van der Waals surface area (Å²) in [4.78, 5) is 11.9. The Balaban J connectivity index is 1.63. The molecule has 0 aliphatic heterocycles. The molecule has 0 heterocycles. The van der Waals surface area contributed by atoms with Gasteiger partial charge in [-0.15, -0.1) is 0 Å². The summed E-state index contributed by atoms with van der Waals surface area (Å²) < 4.78 is 5.68. The molecule has 4 N–H and O–H groups in total. The SMILES string of the molecule is NC(Cc1ccc(O)cc1)C(=O)NCCOC1CCCC1. The topological polar surface area (TPSA) is 84.6 Å². The number of hydrogen-bond donors (Lipinski definition) is 3. The molecule has 5 nitrogen and oxygen atoms in total. The van der Waals surface area contributed by atoms with Crippen molar-refractivity contribution >= 4 is 5.91 Å². The molecule has 2 rings (SSSR count). The van der Waals surface area contributed by atoms with E-state index in [-0.39, 0.29) is 11.7 Å². The standard InChI is InChI=1S/C16H24N2O3/c17-15(11-12-5-7-13(19)8-6-12)16(20)18-9-10-21-14-3-1-2-4-14/h5-8,14-15,19H,1-4,9-11,17H2,(H,18,20). The van der Waals surface area contributed by atoms with E-state index in [0.717, 1.165) is 18.4 Å². The third-order valence-corrected chi connectivity index (χ3v) is 3.79. The van der Waals surface area contributed by atoms with Gasteiger partial charge in [0.05, 0.1) is 18.8 Å². The van der Waals surface area contributed by atoms with Crippen LogP contribution in [0.3, 0.4) is 0 Å². The lowest BCUT2D eigenvalue weighted by Crippen LogP contribution is -2.43. The maximum Gasteiger partial charge on any atom is 0.237 e. The van der Waals surface area contributed by atoms with Gasteiger partial charge in [-0.2, -0.15) is 0 Å². The van der Waals surface area contributed by atoms with Crippen LogP contribution < -0.4 is 11.1 Å². The maximum absolute atomic E-state index is 11.9. The Hall–Kier alpha value is -1.59. The highest BCUT2D eigenvalue weighted by Gasteiger charge is 2.16. The number of amides is 1. The normalized spacial score (nSPS) is 16.8. The molecule has 1 saturated carbocycles. The molecular weight excluding hydrogens is 268 g/mol. The molecule has 116 valence electrons. The van der Waals surface area contributed by atoms with Crippen LogP contribution >= 0.6 is 0 Å². The quantitative estimate of drug-likeness (QED) is 0.662. The van der Waals surface area contributed by atoms with Crippen LogP contribution in [0.15, 0.2) is 24.3 Å². The van der Waals surface area contributed by atoms with E-state index in [0.29, 0.717) is 25.7 Å². The van der Waals surface area contributed by atoms with Gasteiger partial charge < -0.3 is 20.9 Å². The molecule has 1 aromatic carbocycles. The molecule has 0 spiro atoms. The Kier molecular flexibility index (Phi) is 6.02. The molecule has 1 unspecified atom stereocenters. The predicted molar refractivity (Wildman–Crippen MR) is 81.0 cm³/mol. The van der Waals surface area contributed by atoms with Crippen molar-refractivity contribution < 1.29 is 14.6 Å². The smallest absolute Gasteiger partial charge is 0.237 e. The van der Waals surface area contributed by atoms with Crippen molar-refractivity contribution in [2.24, 2.45) is 5.73 Å². The molecular formula is C16H24N2O3. The Morgan fingerprint density at radius 1 is 1.33 bits per heavy atom. The van der Waals surface area contributed by atoms with E-state index in [1.807, 2.05) is 0 Å². The number of ether oxygens (including phenoxy) is 1. The van der Waals surface area contributed by atoms with Gasteiger partial charge in [-0.3, -0.25) is 4.79 Å². The molecule has 0 radical (unpaired) electrons. The van der Waals surface area contributed by atoms with E-state index in [1.54, 1.807) is 24.3 Å². The number of carbonyl (C=O) groups excluding carboxylic acids is 1. The number of rotatable bonds is 7. The fourth-order valence-electron chi connectivity index (χ4n) is 2.56. The number of aromatic hydroxyl groups is 1. The number of benzene rings is 1. The summed E-state index contributed by atoms with van der Waals surface area (Å²) in [5.41, 5.74) is 6.80. The molecule has 1 aliphatic carbocycles. The van der Waals surface area contributed by atoms with E-state index in [2.05, 4.69) is 5.32 Å². The van der Waals surface area contributed by atoms with Crippen molar-refractivity contribution in [1.29, 1.82) is 0 Å². The van der Waals surface area contributed by atoms with Crippen LogP contribution in [0.5, 0.6) is 5.75 Å². The second-order valence-corrected chi connectivity index (χ2v) is 5.55. The van der Waals surface area contributed by atoms with Crippen molar-refractivity contribution in [2.75, 3.05) is 13.2 Å². The second kappa shape index (κ2) is 8.00. The lowest BCUT2D eigenvalue weighted by Gasteiger charge is -2.14. The third kappa shape index (κ3) is 5.36. The summed E-state index contributed by atoms with van der Waals surface area (Å²) in [6.45, 7) is 1.04. The fraction of sp³-hybridized carbons (Fsp3) is 0.562. The van der Waals surface area contributed by atoms with Crippen LogP contribution in [-0.4, -0.2) is 36.3 Å². The van der Waals surface area contributed by atoms with E-state index >= 15 is 0 Å². The van der Waals surface area contributed by atoms with Crippen LogP contribution in [-0.2, 0) is 16.0 Å². The molecule has 1 aliphatic rings. The highest BCUT2D eigenvalue weighted by atomic mass is 16.5. The average Bonchev–Trinajstić information content (AvgIpc) is 2.99. The minimum Gasteiger partial charge on any atom is -0.508 e. The summed E-state index contributed by atoms with van der Waals surface area (Å²) in [7, 11) is 0. The zero-order chi connectivity index (χ0) is 15.1. The van der Waals surface area contributed by atoms with Crippen LogP contribution in [0.1, 0.15) is 31.2 Å². The Morgan fingerprint density at radius 2 is 2.00 bits per heavy atom. The Morgan fingerprint density at radius 3 is 2.67 bits per heavy atom. The van der Waals surface area contributed by atoms with Gasteiger partial charge in [-0.05, 0) is 37.0 Å². The van der Waals surface area contributed by atoms with Gasteiger partial charge in [0.1, 0.15) is 5.75 Å². The highest BCUT2D eigenvalue weighted by molar-refractivity contribution is 5.81. The van der Waals surface area contributed by atoms with Crippen LogP contribution in [0.4, 0.5) is 0 Å². The molecule has 1 atom stereocenters. The van der Waals surface area contributed by atoms with Crippen molar-refractivity contribution in [3.8, 4) is 5.75 Å². The number of nitrogens with one attached hydrogen (secondary N) is 1. The zero-order valence-electron chi connectivity index (χ0n) is 12.3. The summed E-state index contributed by atoms with van der Waals surface area (Å²) in [6, 6.07) is 6.14. The van der Waals surface area contributed by atoms with Gasteiger partial charge in [-0.25, -0.2) is 0 Å². The minimum atomic E-state index is -0.582. The largest absolute Gasteiger partial charge is 0.508 e. The third-order valence-electron chi connectivity index (χ3n) is 3.79. The van der Waals surface area contributed by atoms with Crippen LogP contribution in [0, 0.1) is 0 Å². The van der Waals surface area contributed by atoms with E-state index in [4.69, 9.17) is 10.5 Å². The average molecular weight is 292 g/mol. The predicted octanol–water partition coefficient (Wildman–Crippen LogP) is 1.34. The first-order valence-electron chi connectivity index (χ1n) is 7.58. The molecule has 5 heteroatoms. The van der Waals surface area contributed by atoms with E-state index in [9.17, 15) is 9.90 Å². The zero-order valence-corrected chi connectivity index (χ0v) is 12.3. The number of phenols is 1. The number of phenolic OH excluding ortho intramolecular Hbond substituents is 1. The summed E-state index contributed by atoms with van der Waals surface area (Å²) >= 11 is 0. The lowest BCUT2D eigenvalue weighted by molar-refractivity contribution is -0.122. The summed E-state index contributed by atoms with van der Waals surface area (Å²) in [6.07, 6.45) is 5.58. The molecule has 21 heavy (non-hydrogen) atoms. The molecule has 0 saturated heterocycles. The number of carbonyl (C=O) groups is 1. The monoisotopic (exact) mass is 292 g/mol. The summed E-state index contributed by atoms with van der Waals surface area (Å²) in [5, 5.41) is 12.0. The Labute approximate surface area is 125 Å². The van der Waals surface area contributed by atoms with Gasteiger partial charge in [-0.1, -0.05) is 25.0 Å². The molecule has 1 amide bonds. The van der Waals surface area contributed by atoms with E-state index in [1.165, 1.54) is 12.8 Å². The van der Waals surface area contributed by atoms with Crippen LogP contribution in [0.2, 0.25) is 0 Å². The van der Waals surface area contributed by atoms with Gasteiger partial charge in [0.25, 0.3) is 0 Å². The number of hydrogen-bond acceptors (Lipinski definition) is 4. The van der Waals surface area contributed by atoms with Gasteiger partial charge in [0.15, 0.2) is 0 Å².